The van der Waals surface area contributed by atoms with Crippen molar-refractivity contribution >= 4 is 17.5 Å². The van der Waals surface area contributed by atoms with Crippen LogP contribution in [-0.4, -0.2) is 12.5 Å². The van der Waals surface area contributed by atoms with Gasteiger partial charge in [0.05, 0.1) is 6.42 Å². The Hall–Kier alpha value is -1.87. The van der Waals surface area contributed by atoms with E-state index in [9.17, 15) is 9.18 Å². The highest BCUT2D eigenvalue weighted by atomic mass is 35.5. The topological polar surface area (TPSA) is 29.1 Å². The Kier molecular flexibility index (Phi) is 5.34. The Morgan fingerprint density at radius 1 is 1.24 bits per heavy atom. The summed E-state index contributed by atoms with van der Waals surface area (Å²) in [4.78, 5) is 11.9. The third kappa shape index (κ3) is 4.57. The fraction of sp³-hybridized carbons (Fsp3) is 0.235. The summed E-state index contributed by atoms with van der Waals surface area (Å²) in [5.74, 6) is -0.432. The highest BCUT2D eigenvalue weighted by molar-refractivity contribution is 6.30. The van der Waals surface area contributed by atoms with Gasteiger partial charge in [-0.25, -0.2) is 4.39 Å². The van der Waals surface area contributed by atoms with Crippen molar-refractivity contribution in [2.24, 2.45) is 0 Å². The largest absolute Gasteiger partial charge is 0.355 e. The van der Waals surface area contributed by atoms with E-state index in [4.69, 9.17) is 11.6 Å². The molecule has 2 aromatic carbocycles. The van der Waals surface area contributed by atoms with Gasteiger partial charge in [0.1, 0.15) is 5.82 Å². The van der Waals surface area contributed by atoms with Gasteiger partial charge in [-0.15, -0.1) is 0 Å². The van der Waals surface area contributed by atoms with E-state index in [2.05, 4.69) is 5.32 Å². The molecule has 0 bridgehead atoms. The molecule has 1 N–H and O–H groups in total. The summed E-state index contributed by atoms with van der Waals surface area (Å²) >= 11 is 5.68. The van der Waals surface area contributed by atoms with Crippen LogP contribution in [0.2, 0.25) is 5.02 Å². The molecule has 0 radical (unpaired) electrons. The average Bonchev–Trinajstić information content (AvgIpc) is 2.48. The maximum atomic E-state index is 13.6. The van der Waals surface area contributed by atoms with Gasteiger partial charge < -0.3 is 5.32 Å². The molecule has 0 aliphatic rings. The fourth-order valence-electron chi connectivity index (χ4n) is 2.07. The first-order valence-electron chi connectivity index (χ1n) is 6.82. The van der Waals surface area contributed by atoms with Crippen LogP contribution in [0.25, 0.3) is 0 Å². The summed E-state index contributed by atoms with van der Waals surface area (Å²) in [6.07, 6.45) is 0.0184. The van der Waals surface area contributed by atoms with Gasteiger partial charge in [-0.2, -0.15) is 0 Å². The molecule has 0 aliphatic carbocycles. The molecule has 1 unspecified atom stereocenters. The second-order valence-electron chi connectivity index (χ2n) is 5.03. The van der Waals surface area contributed by atoms with Crippen LogP contribution in [0.3, 0.4) is 0 Å². The van der Waals surface area contributed by atoms with Gasteiger partial charge in [0.15, 0.2) is 0 Å². The second-order valence-corrected chi connectivity index (χ2v) is 5.46. The van der Waals surface area contributed by atoms with Gasteiger partial charge in [-0.05, 0) is 29.2 Å². The molecule has 0 heterocycles. The molecule has 0 fully saturated rings. The van der Waals surface area contributed by atoms with Gasteiger partial charge in [0.25, 0.3) is 0 Å². The lowest BCUT2D eigenvalue weighted by Crippen LogP contribution is -2.29. The van der Waals surface area contributed by atoms with E-state index < -0.39 is 5.82 Å². The Morgan fingerprint density at radius 2 is 1.95 bits per heavy atom. The van der Waals surface area contributed by atoms with E-state index in [1.807, 2.05) is 37.3 Å². The predicted molar refractivity (Wildman–Crippen MR) is 83.0 cm³/mol. The van der Waals surface area contributed by atoms with Crippen molar-refractivity contribution in [2.45, 2.75) is 19.3 Å². The number of carbonyl (C=O) groups excluding carboxylic acids is 1. The standard InChI is InChI=1S/C17H17ClFNO/c1-12(13-5-3-2-4-6-13)11-20-17(21)9-14-7-8-15(18)10-16(14)19/h2-8,10,12H,9,11H2,1H3,(H,20,21). The minimum absolute atomic E-state index is 0.0184. The van der Waals surface area contributed by atoms with Gasteiger partial charge in [0.2, 0.25) is 5.91 Å². The maximum Gasteiger partial charge on any atom is 0.224 e. The number of hydrogen-bond donors (Lipinski definition) is 1. The first kappa shape index (κ1) is 15.5. The number of benzene rings is 2. The first-order chi connectivity index (χ1) is 10.1. The Bertz CT molecular complexity index is 615. The molecule has 2 rings (SSSR count). The quantitative estimate of drug-likeness (QED) is 0.890. The highest BCUT2D eigenvalue weighted by Crippen LogP contribution is 2.16. The third-order valence-corrected chi connectivity index (χ3v) is 3.58. The molecule has 2 aromatic rings. The van der Waals surface area contributed by atoms with Gasteiger partial charge >= 0.3 is 0 Å². The summed E-state index contributed by atoms with van der Waals surface area (Å²) in [6, 6.07) is 14.3. The number of nitrogens with one attached hydrogen (secondary N) is 1. The molecule has 1 atom stereocenters. The molecule has 0 aliphatic heterocycles. The molecular formula is C17H17ClFNO. The number of hydrogen-bond acceptors (Lipinski definition) is 1. The zero-order chi connectivity index (χ0) is 15.2. The van der Waals surface area contributed by atoms with Crippen LogP contribution in [0.4, 0.5) is 4.39 Å². The molecule has 4 heteroatoms. The van der Waals surface area contributed by atoms with E-state index in [0.29, 0.717) is 17.1 Å². The summed E-state index contributed by atoms with van der Waals surface area (Å²) < 4.78 is 13.6. The Balaban J connectivity index is 1.87. The lowest BCUT2D eigenvalue weighted by atomic mass is 10.0. The molecule has 1 amide bonds. The number of rotatable bonds is 5. The van der Waals surface area contributed by atoms with Crippen LogP contribution >= 0.6 is 11.6 Å². The number of amides is 1. The second kappa shape index (κ2) is 7.23. The molecule has 0 saturated heterocycles. The summed E-state index contributed by atoms with van der Waals surface area (Å²) in [7, 11) is 0. The smallest absolute Gasteiger partial charge is 0.224 e. The molecule has 0 saturated carbocycles. The van der Waals surface area contributed by atoms with Crippen molar-refractivity contribution in [2.75, 3.05) is 6.54 Å². The van der Waals surface area contributed by atoms with E-state index in [1.54, 1.807) is 6.07 Å². The van der Waals surface area contributed by atoms with Crippen molar-refractivity contribution in [3.63, 3.8) is 0 Å². The normalized spacial score (nSPS) is 12.0. The maximum absolute atomic E-state index is 13.6. The average molecular weight is 306 g/mol. The van der Waals surface area contributed by atoms with E-state index in [0.717, 1.165) is 5.56 Å². The van der Waals surface area contributed by atoms with Crippen LogP contribution in [0, 0.1) is 5.82 Å². The fourth-order valence-corrected chi connectivity index (χ4v) is 2.23. The van der Waals surface area contributed by atoms with E-state index >= 15 is 0 Å². The first-order valence-corrected chi connectivity index (χ1v) is 7.19. The monoisotopic (exact) mass is 305 g/mol. The molecule has 21 heavy (non-hydrogen) atoms. The van der Waals surface area contributed by atoms with Crippen LogP contribution in [0.15, 0.2) is 48.5 Å². The SMILES string of the molecule is CC(CNC(=O)Cc1ccc(Cl)cc1F)c1ccccc1. The van der Waals surface area contributed by atoms with Crippen LogP contribution in [0.1, 0.15) is 24.0 Å². The van der Waals surface area contributed by atoms with Crippen molar-refractivity contribution < 1.29 is 9.18 Å². The number of halogens is 2. The minimum Gasteiger partial charge on any atom is -0.355 e. The van der Waals surface area contributed by atoms with Crippen LogP contribution < -0.4 is 5.32 Å². The molecule has 0 aromatic heterocycles. The van der Waals surface area contributed by atoms with Gasteiger partial charge in [0, 0.05) is 11.6 Å². The zero-order valence-electron chi connectivity index (χ0n) is 11.8. The van der Waals surface area contributed by atoms with Crippen LogP contribution in [-0.2, 0) is 11.2 Å². The van der Waals surface area contributed by atoms with Crippen molar-refractivity contribution in [1.82, 2.24) is 5.32 Å². The van der Waals surface area contributed by atoms with Gasteiger partial charge in [-0.3, -0.25) is 4.79 Å². The van der Waals surface area contributed by atoms with Crippen LogP contribution in [0.5, 0.6) is 0 Å². The summed E-state index contributed by atoms with van der Waals surface area (Å²) in [6.45, 7) is 2.57. The predicted octanol–water partition coefficient (Wildman–Crippen LogP) is 3.94. The minimum atomic E-state index is -0.450. The van der Waals surface area contributed by atoms with Crippen molar-refractivity contribution in [3.8, 4) is 0 Å². The lowest BCUT2D eigenvalue weighted by Gasteiger charge is -2.13. The third-order valence-electron chi connectivity index (χ3n) is 3.34. The Labute approximate surface area is 128 Å². The molecule has 110 valence electrons. The Morgan fingerprint density at radius 3 is 2.62 bits per heavy atom. The molecule has 0 spiro atoms. The molecule has 2 nitrogen and oxygen atoms in total. The lowest BCUT2D eigenvalue weighted by molar-refractivity contribution is -0.120. The van der Waals surface area contributed by atoms with E-state index in [1.165, 1.54) is 12.1 Å². The molecular weight excluding hydrogens is 289 g/mol. The van der Waals surface area contributed by atoms with E-state index in [-0.39, 0.29) is 18.2 Å². The van der Waals surface area contributed by atoms with Crippen molar-refractivity contribution in [3.05, 3.63) is 70.5 Å². The number of carbonyl (C=O) groups is 1. The summed E-state index contributed by atoms with van der Waals surface area (Å²) in [5, 5.41) is 3.16. The van der Waals surface area contributed by atoms with Crippen molar-refractivity contribution in [1.29, 1.82) is 0 Å². The summed E-state index contributed by atoms with van der Waals surface area (Å²) in [5.41, 5.74) is 1.51. The highest BCUT2D eigenvalue weighted by Gasteiger charge is 2.10. The van der Waals surface area contributed by atoms with Gasteiger partial charge in [-0.1, -0.05) is 54.9 Å². The zero-order valence-corrected chi connectivity index (χ0v) is 12.5.